The van der Waals surface area contributed by atoms with E-state index in [1.807, 2.05) is 55.4 Å². The molecule has 0 radical (unpaired) electrons. The highest BCUT2D eigenvalue weighted by Crippen LogP contribution is 2.43. The van der Waals surface area contributed by atoms with Crippen molar-refractivity contribution in [3.63, 3.8) is 0 Å². The summed E-state index contributed by atoms with van der Waals surface area (Å²) in [6.07, 6.45) is 14.1. The van der Waals surface area contributed by atoms with Crippen LogP contribution < -0.4 is 9.80 Å². The number of hydrogen-bond donors (Lipinski definition) is 0. The van der Waals surface area contributed by atoms with Gasteiger partial charge in [0.05, 0.1) is 6.04 Å². The van der Waals surface area contributed by atoms with Crippen molar-refractivity contribution in [1.82, 2.24) is 14.9 Å². The Hall–Kier alpha value is -3.81. The number of anilines is 2. The first-order valence-corrected chi connectivity index (χ1v) is 14.9. The second-order valence-corrected chi connectivity index (χ2v) is 11.3. The molecular weight excluding hydrogens is 532 g/mol. The average molecular weight is 576 g/mol. The van der Waals surface area contributed by atoms with Crippen molar-refractivity contribution >= 4 is 23.6 Å². The molecule has 0 saturated carbocycles. The number of piperazine rings is 1. The van der Waals surface area contributed by atoms with Gasteiger partial charge < -0.3 is 14.7 Å². The molecule has 6 nitrogen and oxygen atoms in total. The molecule has 0 aliphatic carbocycles. The lowest BCUT2D eigenvalue weighted by Gasteiger charge is -2.39. The zero-order valence-electron chi connectivity index (χ0n) is 25.3. The minimum absolute atomic E-state index is 0.0589. The highest BCUT2D eigenvalue weighted by Gasteiger charge is 2.34. The third kappa shape index (κ3) is 6.80. The zero-order valence-corrected chi connectivity index (χ0v) is 25.3. The number of halogens is 2. The van der Waals surface area contributed by atoms with E-state index in [9.17, 15) is 13.6 Å². The molecule has 1 fully saturated rings. The number of fused-ring (bicyclic) bond motifs is 1. The molecule has 3 heterocycles. The molecule has 0 bridgehead atoms. The number of aromatic nitrogens is 2. The first-order chi connectivity index (χ1) is 20.1. The fraction of sp³-hybridized carbons (Fsp3) is 0.441. The Balaban J connectivity index is 1.58. The van der Waals surface area contributed by atoms with Gasteiger partial charge in [-0.05, 0) is 42.5 Å². The number of nitrogens with zero attached hydrogens (tertiary/aromatic N) is 5. The third-order valence-corrected chi connectivity index (χ3v) is 8.36. The number of hydrogen-bond acceptors (Lipinski definition) is 5. The summed E-state index contributed by atoms with van der Waals surface area (Å²) >= 11 is 0. The van der Waals surface area contributed by atoms with E-state index in [0.29, 0.717) is 24.6 Å². The Kier molecular flexibility index (Phi) is 9.97. The quantitative estimate of drug-likeness (QED) is 0.196. The topological polar surface area (TPSA) is 52.6 Å². The lowest BCUT2D eigenvalue weighted by atomic mass is 10.0. The van der Waals surface area contributed by atoms with Crippen LogP contribution in [-0.4, -0.2) is 65.5 Å². The number of unbranched alkanes of at least 4 members (excludes halogenated alkanes) is 1. The van der Waals surface area contributed by atoms with Crippen molar-refractivity contribution in [3.8, 4) is 11.1 Å². The predicted molar refractivity (Wildman–Crippen MR) is 169 cm³/mol. The van der Waals surface area contributed by atoms with Gasteiger partial charge in [0.15, 0.2) is 0 Å². The molecule has 224 valence electrons. The van der Waals surface area contributed by atoms with Crippen LogP contribution >= 0.6 is 0 Å². The van der Waals surface area contributed by atoms with Gasteiger partial charge in [0.2, 0.25) is 12.4 Å². The minimum atomic E-state index is -3.02. The summed E-state index contributed by atoms with van der Waals surface area (Å²) in [5.74, 6) is -2.37. The van der Waals surface area contributed by atoms with Gasteiger partial charge in [-0.25, -0.2) is 18.7 Å². The highest BCUT2D eigenvalue weighted by molar-refractivity contribution is 5.89. The van der Waals surface area contributed by atoms with Crippen LogP contribution in [-0.2, 0) is 4.79 Å². The SMILES string of the molecule is C=C1c2ccc(-c3cnc(N4CCN(C=O)C(CCCC)C4)nc3)cc2N(C/C(=C/C=C\CC)C(=C)C(C)(F)F)C1C. The maximum Gasteiger partial charge on any atom is 0.270 e. The van der Waals surface area contributed by atoms with E-state index in [0.717, 1.165) is 73.5 Å². The van der Waals surface area contributed by atoms with Crippen molar-refractivity contribution in [2.75, 3.05) is 36.0 Å². The van der Waals surface area contributed by atoms with Gasteiger partial charge in [0.1, 0.15) is 0 Å². The van der Waals surface area contributed by atoms with Gasteiger partial charge in [-0.1, -0.05) is 70.2 Å². The summed E-state index contributed by atoms with van der Waals surface area (Å²) in [6.45, 7) is 17.5. The molecule has 1 aromatic carbocycles. The van der Waals surface area contributed by atoms with Crippen LogP contribution in [0, 0.1) is 0 Å². The molecule has 4 rings (SSSR count). The fourth-order valence-electron chi connectivity index (χ4n) is 5.62. The second kappa shape index (κ2) is 13.4. The van der Waals surface area contributed by atoms with Gasteiger partial charge in [0.25, 0.3) is 5.92 Å². The number of amides is 1. The molecule has 42 heavy (non-hydrogen) atoms. The average Bonchev–Trinajstić information content (AvgIpc) is 3.22. The molecule has 8 heteroatoms. The van der Waals surface area contributed by atoms with Gasteiger partial charge >= 0.3 is 0 Å². The van der Waals surface area contributed by atoms with Gasteiger partial charge in [-0.3, -0.25) is 4.79 Å². The maximum absolute atomic E-state index is 14.3. The van der Waals surface area contributed by atoms with Crippen LogP contribution in [0.25, 0.3) is 16.7 Å². The van der Waals surface area contributed by atoms with E-state index in [-0.39, 0.29) is 24.2 Å². The Morgan fingerprint density at radius 2 is 1.90 bits per heavy atom. The molecule has 2 aliphatic rings. The molecule has 0 spiro atoms. The largest absolute Gasteiger partial charge is 0.360 e. The number of carbonyl (C=O) groups excluding carboxylic acids is 1. The normalized spacial score (nSPS) is 19.5. The maximum atomic E-state index is 14.3. The molecule has 1 amide bonds. The zero-order chi connectivity index (χ0) is 30.4. The number of carbonyl (C=O) groups is 1. The molecule has 2 aromatic rings. The Morgan fingerprint density at radius 1 is 1.17 bits per heavy atom. The van der Waals surface area contributed by atoms with Crippen molar-refractivity contribution in [2.45, 2.75) is 71.4 Å². The van der Waals surface area contributed by atoms with Crippen molar-refractivity contribution in [2.24, 2.45) is 0 Å². The number of alkyl halides is 2. The van der Waals surface area contributed by atoms with Crippen LogP contribution in [0.3, 0.4) is 0 Å². The highest BCUT2D eigenvalue weighted by atomic mass is 19.3. The summed E-state index contributed by atoms with van der Waals surface area (Å²) in [6, 6.07) is 6.24. The summed E-state index contributed by atoms with van der Waals surface area (Å²) in [5.41, 5.74) is 5.02. The third-order valence-electron chi connectivity index (χ3n) is 8.36. The first-order valence-electron chi connectivity index (χ1n) is 14.9. The van der Waals surface area contributed by atoms with Gasteiger partial charge in [0, 0.05) is 73.9 Å². The van der Waals surface area contributed by atoms with E-state index in [2.05, 4.69) is 35.9 Å². The van der Waals surface area contributed by atoms with E-state index in [1.165, 1.54) is 0 Å². The Labute approximate surface area is 249 Å². The van der Waals surface area contributed by atoms with Crippen LogP contribution in [0.4, 0.5) is 20.4 Å². The van der Waals surface area contributed by atoms with E-state index < -0.39 is 5.92 Å². The predicted octanol–water partition coefficient (Wildman–Crippen LogP) is 7.31. The van der Waals surface area contributed by atoms with E-state index in [4.69, 9.17) is 9.97 Å². The van der Waals surface area contributed by atoms with Crippen LogP contribution in [0.15, 0.2) is 73.1 Å². The van der Waals surface area contributed by atoms with Crippen LogP contribution in [0.2, 0.25) is 0 Å². The summed E-state index contributed by atoms with van der Waals surface area (Å²) in [5, 5.41) is 0. The lowest BCUT2D eigenvalue weighted by Crippen LogP contribution is -2.53. The molecule has 2 aliphatic heterocycles. The lowest BCUT2D eigenvalue weighted by molar-refractivity contribution is -0.120. The number of allylic oxidation sites excluding steroid dienone is 3. The summed E-state index contributed by atoms with van der Waals surface area (Å²) in [4.78, 5) is 27.1. The molecule has 2 unspecified atom stereocenters. The molecule has 2 atom stereocenters. The standard InChI is InChI=1S/C34H43F2N5O/c1-7-9-11-12-28(25(4)34(6,35)36)21-41-26(5)24(3)31-15-14-27(18-32(31)41)29-19-37-33(38-20-29)39-16-17-40(23-42)30(22-39)13-10-8-2/h9,11-12,14-15,18-20,23,26,30H,3-4,7-8,10,13,16-17,21-22H2,1-2,5-6H3/b11-9-,28-12-. The second-order valence-electron chi connectivity index (χ2n) is 11.3. The number of benzene rings is 1. The summed E-state index contributed by atoms with van der Waals surface area (Å²) < 4.78 is 28.7. The van der Waals surface area contributed by atoms with Crippen molar-refractivity contribution in [1.29, 1.82) is 0 Å². The van der Waals surface area contributed by atoms with Crippen LogP contribution in [0.1, 0.15) is 58.9 Å². The van der Waals surface area contributed by atoms with Gasteiger partial charge in [-0.15, -0.1) is 0 Å². The summed E-state index contributed by atoms with van der Waals surface area (Å²) in [7, 11) is 0. The Bertz CT molecular complexity index is 1340. The smallest absolute Gasteiger partial charge is 0.270 e. The molecule has 1 aromatic heterocycles. The van der Waals surface area contributed by atoms with Crippen molar-refractivity contribution < 1.29 is 13.6 Å². The molecule has 1 saturated heterocycles. The molecular formula is C34H43F2N5O. The molecule has 0 N–H and O–H groups in total. The van der Waals surface area contributed by atoms with Crippen molar-refractivity contribution in [3.05, 3.63) is 78.7 Å². The van der Waals surface area contributed by atoms with E-state index >= 15 is 0 Å². The minimum Gasteiger partial charge on any atom is -0.360 e. The fourth-order valence-corrected chi connectivity index (χ4v) is 5.62. The number of rotatable bonds is 12. The monoisotopic (exact) mass is 575 g/mol. The first kappa shape index (κ1) is 31.1. The van der Waals surface area contributed by atoms with E-state index in [1.54, 1.807) is 6.08 Å². The van der Waals surface area contributed by atoms with Crippen LogP contribution in [0.5, 0.6) is 0 Å². The van der Waals surface area contributed by atoms with Gasteiger partial charge in [-0.2, -0.15) is 0 Å². The Morgan fingerprint density at radius 3 is 2.55 bits per heavy atom.